The van der Waals surface area contributed by atoms with Crippen LogP contribution in [0.15, 0.2) is 67.1 Å². The van der Waals surface area contributed by atoms with Crippen LogP contribution in [0.2, 0.25) is 0 Å². The maximum atomic E-state index is 11.1. The van der Waals surface area contributed by atoms with E-state index in [4.69, 9.17) is 15.2 Å². The van der Waals surface area contributed by atoms with E-state index in [1.165, 1.54) is 6.33 Å². The van der Waals surface area contributed by atoms with Crippen molar-refractivity contribution < 1.29 is 14.3 Å². The number of nitrogens with two attached hydrogens (primary N) is 1. The fourth-order valence-corrected chi connectivity index (χ4v) is 2.62. The monoisotopic (exact) mass is 375 g/mol. The Morgan fingerprint density at radius 3 is 2.46 bits per heavy atom. The predicted octanol–water partition coefficient (Wildman–Crippen LogP) is 2.86. The SMILES string of the molecule is CC(Oc1ccc(Oc2ncnc3c2cnn3-c2ccccc2)cc1)C(N)=O. The van der Waals surface area contributed by atoms with Crippen molar-refractivity contribution in [2.24, 2.45) is 5.73 Å². The minimum absolute atomic E-state index is 0.395. The van der Waals surface area contributed by atoms with Crippen LogP contribution < -0.4 is 15.2 Å². The number of rotatable bonds is 6. The van der Waals surface area contributed by atoms with Crippen molar-refractivity contribution in [1.82, 2.24) is 19.7 Å². The minimum atomic E-state index is -0.711. The van der Waals surface area contributed by atoms with Gasteiger partial charge < -0.3 is 15.2 Å². The van der Waals surface area contributed by atoms with Crippen LogP contribution in [-0.4, -0.2) is 31.8 Å². The molecule has 2 aromatic carbocycles. The number of para-hydroxylation sites is 1. The fraction of sp³-hybridized carbons (Fsp3) is 0.100. The maximum absolute atomic E-state index is 11.1. The fourth-order valence-electron chi connectivity index (χ4n) is 2.62. The molecule has 0 fully saturated rings. The molecule has 4 aromatic rings. The zero-order chi connectivity index (χ0) is 19.5. The summed E-state index contributed by atoms with van der Waals surface area (Å²) in [6.45, 7) is 1.59. The standard InChI is InChI=1S/C20H17N5O3/c1-13(18(21)26)27-15-7-9-16(10-8-15)28-20-17-11-24-25(19(17)22-12-23-20)14-5-3-2-4-6-14/h2-13H,1H3,(H2,21,26). The summed E-state index contributed by atoms with van der Waals surface area (Å²) in [7, 11) is 0. The Morgan fingerprint density at radius 1 is 1.04 bits per heavy atom. The van der Waals surface area contributed by atoms with Gasteiger partial charge in [0.25, 0.3) is 5.91 Å². The lowest BCUT2D eigenvalue weighted by Gasteiger charge is -2.11. The van der Waals surface area contributed by atoms with Gasteiger partial charge in [0.2, 0.25) is 5.88 Å². The highest BCUT2D eigenvalue weighted by atomic mass is 16.5. The van der Waals surface area contributed by atoms with E-state index in [0.29, 0.717) is 28.4 Å². The summed E-state index contributed by atoms with van der Waals surface area (Å²) >= 11 is 0. The highest BCUT2D eigenvalue weighted by Crippen LogP contribution is 2.28. The van der Waals surface area contributed by atoms with Crippen molar-refractivity contribution in [1.29, 1.82) is 0 Å². The number of carbonyl (C=O) groups excluding carboxylic acids is 1. The number of amides is 1. The molecule has 0 bridgehead atoms. The van der Waals surface area contributed by atoms with E-state index in [2.05, 4.69) is 15.1 Å². The van der Waals surface area contributed by atoms with Crippen molar-refractivity contribution in [3.8, 4) is 23.1 Å². The molecule has 0 aliphatic rings. The molecule has 1 unspecified atom stereocenters. The summed E-state index contributed by atoms with van der Waals surface area (Å²) in [6, 6.07) is 16.5. The Bertz CT molecular complexity index is 1110. The van der Waals surface area contributed by atoms with Crippen LogP contribution in [-0.2, 0) is 4.79 Å². The summed E-state index contributed by atoms with van der Waals surface area (Å²) in [5, 5.41) is 5.09. The molecule has 0 saturated heterocycles. The van der Waals surface area contributed by atoms with Crippen molar-refractivity contribution in [3.63, 3.8) is 0 Å². The van der Waals surface area contributed by atoms with E-state index in [0.717, 1.165) is 5.69 Å². The van der Waals surface area contributed by atoms with E-state index in [1.54, 1.807) is 42.1 Å². The number of carbonyl (C=O) groups is 1. The normalized spacial score (nSPS) is 11.9. The van der Waals surface area contributed by atoms with Gasteiger partial charge in [0.05, 0.1) is 11.9 Å². The molecular formula is C20H17N5O3. The molecule has 0 aliphatic carbocycles. The van der Waals surface area contributed by atoms with Crippen LogP contribution in [0.1, 0.15) is 6.92 Å². The molecule has 0 saturated carbocycles. The van der Waals surface area contributed by atoms with E-state index in [9.17, 15) is 4.79 Å². The van der Waals surface area contributed by atoms with Crippen LogP contribution in [0.25, 0.3) is 16.7 Å². The average molecular weight is 375 g/mol. The van der Waals surface area contributed by atoms with Gasteiger partial charge in [-0.15, -0.1) is 0 Å². The topological polar surface area (TPSA) is 105 Å². The summed E-state index contributed by atoms with van der Waals surface area (Å²) in [4.78, 5) is 19.6. The molecule has 8 heteroatoms. The number of hydrogen-bond donors (Lipinski definition) is 1. The quantitative estimate of drug-likeness (QED) is 0.555. The number of ether oxygens (including phenoxy) is 2. The highest BCUT2D eigenvalue weighted by Gasteiger charge is 2.13. The number of fused-ring (bicyclic) bond motifs is 1. The van der Waals surface area contributed by atoms with E-state index in [1.807, 2.05) is 30.3 Å². The third kappa shape index (κ3) is 3.48. The second-order valence-corrected chi connectivity index (χ2v) is 6.04. The molecule has 0 radical (unpaired) electrons. The smallest absolute Gasteiger partial charge is 0.258 e. The minimum Gasteiger partial charge on any atom is -0.481 e. The molecule has 140 valence electrons. The summed E-state index contributed by atoms with van der Waals surface area (Å²) in [6.07, 6.45) is 2.39. The van der Waals surface area contributed by atoms with Gasteiger partial charge in [-0.1, -0.05) is 18.2 Å². The Hall–Kier alpha value is -3.94. The average Bonchev–Trinajstić information content (AvgIpc) is 3.15. The number of primary amides is 1. The van der Waals surface area contributed by atoms with Crippen molar-refractivity contribution in [3.05, 3.63) is 67.1 Å². The second-order valence-electron chi connectivity index (χ2n) is 6.04. The van der Waals surface area contributed by atoms with Gasteiger partial charge in [-0.25, -0.2) is 14.6 Å². The van der Waals surface area contributed by atoms with Crippen molar-refractivity contribution in [2.45, 2.75) is 13.0 Å². The molecule has 4 rings (SSSR count). The number of hydrogen-bond acceptors (Lipinski definition) is 6. The molecule has 2 heterocycles. The molecular weight excluding hydrogens is 358 g/mol. The van der Waals surface area contributed by atoms with Gasteiger partial charge in [-0.2, -0.15) is 5.10 Å². The van der Waals surface area contributed by atoms with Crippen molar-refractivity contribution in [2.75, 3.05) is 0 Å². The Morgan fingerprint density at radius 2 is 1.75 bits per heavy atom. The first kappa shape index (κ1) is 17.5. The lowest BCUT2D eigenvalue weighted by molar-refractivity contribution is -0.123. The first-order valence-electron chi connectivity index (χ1n) is 8.60. The van der Waals surface area contributed by atoms with Crippen LogP contribution in [0.4, 0.5) is 0 Å². The zero-order valence-electron chi connectivity index (χ0n) is 15.0. The van der Waals surface area contributed by atoms with Gasteiger partial charge in [-0.3, -0.25) is 4.79 Å². The first-order valence-corrected chi connectivity index (χ1v) is 8.60. The van der Waals surface area contributed by atoms with E-state index < -0.39 is 12.0 Å². The molecule has 2 N–H and O–H groups in total. The molecule has 1 amide bonds. The van der Waals surface area contributed by atoms with Crippen LogP contribution >= 0.6 is 0 Å². The van der Waals surface area contributed by atoms with E-state index >= 15 is 0 Å². The maximum Gasteiger partial charge on any atom is 0.258 e. The van der Waals surface area contributed by atoms with Gasteiger partial charge in [-0.05, 0) is 43.3 Å². The summed E-state index contributed by atoms with van der Waals surface area (Å²) in [5.41, 5.74) is 6.74. The van der Waals surface area contributed by atoms with Crippen LogP contribution in [0.3, 0.4) is 0 Å². The highest BCUT2D eigenvalue weighted by molar-refractivity contribution is 5.81. The van der Waals surface area contributed by atoms with E-state index in [-0.39, 0.29) is 0 Å². The molecule has 0 spiro atoms. The summed E-state index contributed by atoms with van der Waals surface area (Å²) < 4.78 is 13.1. The lowest BCUT2D eigenvalue weighted by atomic mass is 10.3. The number of aromatic nitrogens is 4. The first-order chi connectivity index (χ1) is 13.6. The van der Waals surface area contributed by atoms with Crippen LogP contribution in [0, 0.1) is 0 Å². The second kappa shape index (κ2) is 7.36. The molecule has 0 aliphatic heterocycles. The van der Waals surface area contributed by atoms with Gasteiger partial charge in [0.15, 0.2) is 11.8 Å². The molecule has 28 heavy (non-hydrogen) atoms. The lowest BCUT2D eigenvalue weighted by Crippen LogP contribution is -2.30. The van der Waals surface area contributed by atoms with Gasteiger partial charge >= 0.3 is 0 Å². The van der Waals surface area contributed by atoms with Gasteiger partial charge in [0.1, 0.15) is 23.2 Å². The number of nitrogens with zero attached hydrogens (tertiary/aromatic N) is 4. The van der Waals surface area contributed by atoms with Crippen molar-refractivity contribution >= 4 is 16.9 Å². The summed E-state index contributed by atoms with van der Waals surface area (Å²) in [5.74, 6) is 0.945. The number of benzene rings is 2. The zero-order valence-corrected chi connectivity index (χ0v) is 15.0. The largest absolute Gasteiger partial charge is 0.481 e. The Balaban J connectivity index is 1.59. The third-order valence-corrected chi connectivity index (χ3v) is 4.08. The Kier molecular flexibility index (Phi) is 4.59. The molecule has 1 atom stereocenters. The molecule has 8 nitrogen and oxygen atoms in total. The molecule has 2 aromatic heterocycles. The Labute approximate surface area is 160 Å². The van der Waals surface area contributed by atoms with Crippen LogP contribution in [0.5, 0.6) is 17.4 Å². The third-order valence-electron chi connectivity index (χ3n) is 4.08. The van der Waals surface area contributed by atoms with Gasteiger partial charge in [0, 0.05) is 0 Å². The predicted molar refractivity (Wildman–Crippen MR) is 102 cm³/mol.